The van der Waals surface area contributed by atoms with E-state index in [1.165, 1.54) is 136 Å². The van der Waals surface area contributed by atoms with Gasteiger partial charge in [-0.15, -0.1) is 0 Å². The molecule has 0 bridgehead atoms. The molecule has 0 amide bonds. The van der Waals surface area contributed by atoms with Crippen LogP contribution in [0.5, 0.6) is 0 Å². The molecule has 0 unspecified atom stereocenters. The lowest BCUT2D eigenvalue weighted by atomic mass is 9.94. The minimum absolute atomic E-state index is 0.490. The summed E-state index contributed by atoms with van der Waals surface area (Å²) in [5.41, 5.74) is 29.3. The first-order valence-electron chi connectivity index (χ1n) is 21.9. The molecule has 3 aliphatic rings. The molecule has 0 spiro atoms. The van der Waals surface area contributed by atoms with Gasteiger partial charge in [-0.2, -0.15) is 4.57 Å². The van der Waals surface area contributed by atoms with Crippen molar-refractivity contribution in [1.29, 1.82) is 0 Å². The molecule has 1 heterocycles. The minimum atomic E-state index is 0.490. The molecule has 0 saturated heterocycles. The van der Waals surface area contributed by atoms with Gasteiger partial charge in [0.1, 0.15) is 11.0 Å². The Morgan fingerprint density at radius 1 is 0.661 bits per heavy atom. The van der Waals surface area contributed by atoms with E-state index in [2.05, 4.69) is 96.8 Å². The zero-order chi connectivity index (χ0) is 39.0. The van der Waals surface area contributed by atoms with Gasteiger partial charge in [0.25, 0.3) is 0 Å². The van der Waals surface area contributed by atoms with Crippen LogP contribution in [0.15, 0.2) is 64.8 Å². The number of fused-ring (bicyclic) bond motifs is 2. The molecule has 8 nitrogen and oxygen atoms in total. The number of hydrogen-bond donors (Lipinski definition) is 5. The highest BCUT2D eigenvalue weighted by Crippen LogP contribution is 2.35. The minimum Gasteiger partial charge on any atom is -0.398 e. The first kappa shape index (κ1) is 39.6. The highest BCUT2D eigenvalue weighted by molar-refractivity contribution is 6.01. The van der Waals surface area contributed by atoms with E-state index < -0.39 is 0 Å². The summed E-state index contributed by atoms with van der Waals surface area (Å²) in [4.78, 5) is 10.3. The molecule has 8 heteroatoms. The number of aliphatic imine (C=N–C) groups is 1. The van der Waals surface area contributed by atoms with Crippen molar-refractivity contribution in [1.82, 2.24) is 10.3 Å². The van der Waals surface area contributed by atoms with Crippen LogP contribution in [0.25, 0.3) is 22.1 Å². The van der Waals surface area contributed by atoms with Crippen molar-refractivity contribution in [3.8, 4) is 0 Å². The van der Waals surface area contributed by atoms with Gasteiger partial charge >= 0.3 is 0 Å². The predicted molar refractivity (Wildman–Crippen MR) is 239 cm³/mol. The Morgan fingerprint density at radius 2 is 1.27 bits per heavy atom. The third-order valence-corrected chi connectivity index (χ3v) is 12.6. The van der Waals surface area contributed by atoms with Gasteiger partial charge in [-0.1, -0.05) is 57.4 Å². The average Bonchev–Trinajstić information content (AvgIpc) is 3.19. The van der Waals surface area contributed by atoms with Crippen molar-refractivity contribution in [2.75, 3.05) is 35.2 Å². The van der Waals surface area contributed by atoms with Gasteiger partial charge in [0, 0.05) is 79.0 Å². The van der Waals surface area contributed by atoms with Crippen LogP contribution >= 0.6 is 0 Å². The van der Waals surface area contributed by atoms with Crippen molar-refractivity contribution >= 4 is 56.2 Å². The fourth-order valence-electron chi connectivity index (χ4n) is 9.11. The zero-order valence-corrected chi connectivity index (χ0v) is 34.7. The van der Waals surface area contributed by atoms with Gasteiger partial charge in [0.05, 0.1) is 11.4 Å². The number of hydrogen-bond acceptors (Lipinski definition) is 7. The Labute approximate surface area is 335 Å². The summed E-state index contributed by atoms with van der Waals surface area (Å²) in [6.07, 6.45) is 25.5. The lowest BCUT2D eigenvalue weighted by Crippen LogP contribution is -2.42. The van der Waals surface area contributed by atoms with Gasteiger partial charge < -0.3 is 27.4 Å². The summed E-state index contributed by atoms with van der Waals surface area (Å²) in [5.74, 6) is 0. The number of benzene rings is 3. The maximum absolute atomic E-state index is 6.44. The van der Waals surface area contributed by atoms with Crippen LogP contribution in [0, 0.1) is 20.8 Å². The molecule has 4 aromatic rings. The number of nitrogens with one attached hydrogen (secondary N) is 3. The molecule has 0 radical (unpaired) electrons. The molecule has 2 saturated carbocycles. The van der Waals surface area contributed by atoms with Gasteiger partial charge in [0.15, 0.2) is 6.04 Å². The van der Waals surface area contributed by atoms with E-state index in [9.17, 15) is 0 Å². The Hall–Kier alpha value is -4.59. The molecular formula is C48H67N8+. The van der Waals surface area contributed by atoms with Crippen LogP contribution in [0.2, 0.25) is 0 Å². The number of allylic oxidation sites excluding steroid dienone is 3. The predicted octanol–water partition coefficient (Wildman–Crippen LogP) is 11.4. The Bertz CT molecular complexity index is 2100. The summed E-state index contributed by atoms with van der Waals surface area (Å²) in [7, 11) is 0. The number of rotatable bonds is 15. The summed E-state index contributed by atoms with van der Waals surface area (Å²) < 4.78 is 2.56. The molecular weight excluding hydrogens is 689 g/mol. The first-order valence-corrected chi connectivity index (χ1v) is 21.9. The third kappa shape index (κ3) is 9.67. The molecule has 298 valence electrons. The van der Waals surface area contributed by atoms with Crippen molar-refractivity contribution in [3.05, 3.63) is 76.5 Å². The van der Waals surface area contributed by atoms with Gasteiger partial charge in [-0.05, 0) is 119 Å². The van der Waals surface area contributed by atoms with Gasteiger partial charge in [-0.25, -0.2) is 4.98 Å². The topological polar surface area (TPSA) is 117 Å². The number of aromatic nitrogens is 2. The molecule has 0 atom stereocenters. The zero-order valence-electron chi connectivity index (χ0n) is 34.7. The Balaban J connectivity index is 0.849. The van der Waals surface area contributed by atoms with E-state index in [1.807, 2.05) is 0 Å². The third-order valence-electron chi connectivity index (χ3n) is 12.6. The highest BCUT2D eigenvalue weighted by atomic mass is 15.0. The number of nitrogens with two attached hydrogens (primary N) is 2. The van der Waals surface area contributed by atoms with Crippen LogP contribution < -0.4 is 32.0 Å². The largest absolute Gasteiger partial charge is 0.398 e. The summed E-state index contributed by atoms with van der Waals surface area (Å²) in [5, 5.41) is 11.3. The van der Waals surface area contributed by atoms with Crippen molar-refractivity contribution < 1.29 is 4.57 Å². The van der Waals surface area contributed by atoms with E-state index in [-0.39, 0.29) is 0 Å². The van der Waals surface area contributed by atoms with E-state index in [4.69, 9.17) is 21.4 Å². The van der Waals surface area contributed by atoms with Crippen molar-refractivity contribution in [3.63, 3.8) is 0 Å². The van der Waals surface area contributed by atoms with Crippen LogP contribution in [0.3, 0.4) is 0 Å². The molecule has 7 rings (SSSR count). The van der Waals surface area contributed by atoms with Crippen LogP contribution in [0.4, 0.5) is 28.4 Å². The summed E-state index contributed by atoms with van der Waals surface area (Å²) in [6, 6.07) is 14.2. The number of nitrogens with zero attached hydrogens (tertiary/aromatic N) is 3. The summed E-state index contributed by atoms with van der Waals surface area (Å²) in [6.45, 7) is 10.6. The number of nitrogen functional groups attached to an aromatic ring is 2. The maximum atomic E-state index is 6.44. The van der Waals surface area contributed by atoms with Crippen molar-refractivity contribution in [2.24, 2.45) is 4.99 Å². The second kappa shape index (κ2) is 18.6. The SMILES string of the molecule is CC1=CC(=Nc2cc(C)c(N)cc2NC2CCCCC2)CC=C1NCCCCCCCCNc1cc2c(cc1C)nc1cc(C)c(N)cc1[n+]2C1CCCCC1. The fraction of sp³-hybridized carbons (Fsp3) is 0.521. The average molecular weight is 756 g/mol. The molecule has 3 aliphatic carbocycles. The maximum Gasteiger partial charge on any atom is 0.234 e. The monoisotopic (exact) mass is 756 g/mol. The molecule has 7 N–H and O–H groups in total. The molecule has 2 fully saturated rings. The second-order valence-electron chi connectivity index (χ2n) is 17.1. The molecule has 1 aromatic heterocycles. The Kier molecular flexibility index (Phi) is 13.1. The van der Waals surface area contributed by atoms with Gasteiger partial charge in [-0.3, -0.25) is 4.99 Å². The quantitative estimate of drug-likeness (QED) is 0.0357. The normalized spacial score (nSPS) is 17.7. The smallest absolute Gasteiger partial charge is 0.234 e. The number of anilines is 4. The molecule has 56 heavy (non-hydrogen) atoms. The number of aryl methyl sites for hydroxylation is 3. The lowest BCUT2D eigenvalue weighted by molar-refractivity contribution is -0.677. The summed E-state index contributed by atoms with van der Waals surface area (Å²) >= 11 is 0. The van der Waals surface area contributed by atoms with Crippen LogP contribution in [-0.2, 0) is 0 Å². The van der Waals surface area contributed by atoms with Gasteiger partial charge in [0.2, 0.25) is 11.0 Å². The first-order chi connectivity index (χ1) is 27.2. The van der Waals surface area contributed by atoms with E-state index in [1.54, 1.807) is 0 Å². The van der Waals surface area contributed by atoms with E-state index in [0.717, 1.165) is 70.1 Å². The molecule has 3 aromatic carbocycles. The second-order valence-corrected chi connectivity index (χ2v) is 17.1. The highest BCUT2D eigenvalue weighted by Gasteiger charge is 2.29. The standard InChI is InChI=1S/C48H66N8/c1-32-26-43(44(29-39(32)49)53-36-17-11-9-12-18-36)54-37-21-22-41(34(3)25-37)51-23-15-7-5-6-8-16-24-52-42-31-48-46(28-35(42)4)55-45-27-33(2)40(50)30-47(45)56(48)38-19-13-10-14-20-38/h22,25-31,36,38,51,53H,5-21,23-24,49H2,1-4H3,(H2,50,52)/p+1. The number of unbranched alkanes of at least 4 members (excludes halogenated alkanes) is 5. The lowest BCUT2D eigenvalue weighted by Gasteiger charge is -2.25. The van der Waals surface area contributed by atoms with E-state index in [0.29, 0.717) is 12.1 Å². The fourth-order valence-corrected chi connectivity index (χ4v) is 9.11. The van der Waals surface area contributed by atoms with Crippen LogP contribution in [-0.4, -0.2) is 29.8 Å². The van der Waals surface area contributed by atoms with Crippen LogP contribution in [0.1, 0.15) is 139 Å². The van der Waals surface area contributed by atoms with E-state index >= 15 is 0 Å². The Morgan fingerprint density at radius 3 is 1.98 bits per heavy atom. The molecule has 0 aliphatic heterocycles. The van der Waals surface area contributed by atoms with Crippen molar-refractivity contribution in [2.45, 2.75) is 149 Å².